The van der Waals surface area contributed by atoms with Gasteiger partial charge in [-0.2, -0.15) is 5.26 Å². The maximum absolute atomic E-state index is 11.5. The molecule has 0 aliphatic heterocycles. The Morgan fingerprint density at radius 1 is 1.47 bits per heavy atom. The van der Waals surface area contributed by atoms with E-state index in [0.29, 0.717) is 10.6 Å². The highest BCUT2D eigenvalue weighted by Gasteiger charge is 2.19. The molecule has 0 aromatic heterocycles. The van der Waals surface area contributed by atoms with Crippen LogP contribution in [0.1, 0.15) is 11.1 Å². The molecule has 0 radical (unpaired) electrons. The van der Waals surface area contributed by atoms with Gasteiger partial charge in [0, 0.05) is 5.02 Å². The van der Waals surface area contributed by atoms with Crippen LogP contribution in [0, 0.1) is 18.3 Å². The molecule has 1 aromatic carbocycles. The zero-order valence-corrected chi connectivity index (χ0v) is 9.78. The number of nitriles is 1. The van der Waals surface area contributed by atoms with Gasteiger partial charge in [0.15, 0.2) is 0 Å². The van der Waals surface area contributed by atoms with Crippen LogP contribution in [0.3, 0.4) is 0 Å². The summed E-state index contributed by atoms with van der Waals surface area (Å²) < 4.78 is 25.2. The van der Waals surface area contributed by atoms with Gasteiger partial charge < -0.3 is 0 Å². The summed E-state index contributed by atoms with van der Waals surface area (Å²) in [5.41, 5.74) is 0.548. The van der Waals surface area contributed by atoms with E-state index >= 15 is 0 Å². The van der Waals surface area contributed by atoms with Gasteiger partial charge in [-0.1, -0.05) is 11.6 Å². The van der Waals surface area contributed by atoms with Crippen molar-refractivity contribution in [2.75, 3.05) is 7.05 Å². The second-order valence-corrected chi connectivity index (χ2v) is 5.13. The molecule has 0 aliphatic rings. The van der Waals surface area contributed by atoms with Gasteiger partial charge in [0.2, 0.25) is 10.0 Å². The third-order valence-electron chi connectivity index (χ3n) is 2.03. The summed E-state index contributed by atoms with van der Waals surface area (Å²) in [5, 5.41) is 9.26. The number of benzene rings is 1. The maximum atomic E-state index is 11.5. The Bertz CT molecular complexity index is 532. The zero-order valence-electron chi connectivity index (χ0n) is 8.20. The van der Waals surface area contributed by atoms with Gasteiger partial charge in [-0.3, -0.25) is 0 Å². The van der Waals surface area contributed by atoms with Crippen molar-refractivity contribution in [2.24, 2.45) is 0 Å². The lowest BCUT2D eigenvalue weighted by molar-refractivity contribution is 0.588. The van der Waals surface area contributed by atoms with E-state index in [2.05, 4.69) is 4.72 Å². The van der Waals surface area contributed by atoms with E-state index < -0.39 is 10.0 Å². The molecule has 0 unspecified atom stereocenters. The van der Waals surface area contributed by atoms with E-state index in [1.165, 1.54) is 19.2 Å². The van der Waals surface area contributed by atoms with Gasteiger partial charge in [-0.15, -0.1) is 0 Å². The summed E-state index contributed by atoms with van der Waals surface area (Å²) in [5.74, 6) is 0. The molecule has 0 bridgehead atoms. The Kier molecular flexibility index (Phi) is 3.35. The summed E-state index contributed by atoms with van der Waals surface area (Å²) in [6, 6.07) is 4.62. The fraction of sp³-hybridized carbons (Fsp3) is 0.222. The first kappa shape index (κ1) is 12.0. The van der Waals surface area contributed by atoms with E-state index in [0.717, 1.165) is 0 Å². The molecule has 80 valence electrons. The molecular weight excluding hydrogens is 236 g/mol. The van der Waals surface area contributed by atoms with Crippen LogP contribution >= 0.6 is 11.6 Å². The Labute approximate surface area is 93.5 Å². The topological polar surface area (TPSA) is 70.0 Å². The smallest absolute Gasteiger partial charge is 0.214 e. The number of hydrogen-bond acceptors (Lipinski definition) is 3. The molecule has 0 fully saturated rings. The molecule has 0 amide bonds. The maximum Gasteiger partial charge on any atom is 0.241 e. The average Bonchev–Trinajstić information content (AvgIpc) is 2.21. The molecule has 1 rings (SSSR count). The lowest BCUT2D eigenvalue weighted by Crippen LogP contribution is -2.20. The van der Waals surface area contributed by atoms with E-state index in [-0.39, 0.29) is 10.5 Å². The van der Waals surface area contributed by atoms with Crippen molar-refractivity contribution in [3.63, 3.8) is 0 Å². The fourth-order valence-electron chi connectivity index (χ4n) is 1.13. The molecule has 1 aromatic rings. The Morgan fingerprint density at radius 3 is 2.53 bits per heavy atom. The van der Waals surface area contributed by atoms with Crippen LogP contribution in [0.15, 0.2) is 17.0 Å². The first-order valence-electron chi connectivity index (χ1n) is 4.06. The second kappa shape index (κ2) is 4.19. The molecule has 4 nitrogen and oxygen atoms in total. The molecule has 0 aliphatic carbocycles. The van der Waals surface area contributed by atoms with Crippen molar-refractivity contribution < 1.29 is 8.42 Å². The van der Waals surface area contributed by atoms with Crippen molar-refractivity contribution in [2.45, 2.75) is 11.8 Å². The largest absolute Gasteiger partial charge is 0.241 e. The summed E-state index contributed by atoms with van der Waals surface area (Å²) in [6.07, 6.45) is 0. The number of rotatable bonds is 2. The predicted molar refractivity (Wildman–Crippen MR) is 57.1 cm³/mol. The summed E-state index contributed by atoms with van der Waals surface area (Å²) in [6.45, 7) is 1.61. The molecule has 1 N–H and O–H groups in total. The lowest BCUT2D eigenvalue weighted by atomic mass is 10.1. The van der Waals surface area contributed by atoms with Crippen molar-refractivity contribution >= 4 is 21.6 Å². The van der Waals surface area contributed by atoms with E-state index in [1.807, 2.05) is 6.07 Å². The Morgan fingerprint density at radius 2 is 2.07 bits per heavy atom. The highest BCUT2D eigenvalue weighted by atomic mass is 35.5. The summed E-state index contributed by atoms with van der Waals surface area (Å²) >= 11 is 5.79. The number of hydrogen-bond donors (Lipinski definition) is 1. The van der Waals surface area contributed by atoms with Crippen LogP contribution < -0.4 is 4.72 Å². The molecule has 0 saturated carbocycles. The molecule has 0 heterocycles. The van der Waals surface area contributed by atoms with Crippen LogP contribution in [-0.2, 0) is 10.0 Å². The quantitative estimate of drug-likeness (QED) is 0.856. The normalized spacial score (nSPS) is 11.1. The minimum atomic E-state index is -3.61. The van der Waals surface area contributed by atoms with Gasteiger partial charge in [0.1, 0.15) is 11.0 Å². The SMILES string of the molecule is CNS(=O)(=O)c1ccc(Cl)c(C)c1C#N. The number of nitrogens with zero attached hydrogens (tertiary/aromatic N) is 1. The average molecular weight is 245 g/mol. The first-order valence-corrected chi connectivity index (χ1v) is 5.93. The zero-order chi connectivity index (χ0) is 11.6. The van der Waals surface area contributed by atoms with Crippen LogP contribution in [0.25, 0.3) is 0 Å². The second-order valence-electron chi connectivity index (χ2n) is 2.86. The number of nitrogens with one attached hydrogen (secondary N) is 1. The Balaban J connectivity index is 3.61. The molecule has 0 saturated heterocycles. The van der Waals surface area contributed by atoms with Gasteiger partial charge in [-0.05, 0) is 31.7 Å². The fourth-order valence-corrected chi connectivity index (χ4v) is 2.23. The highest BCUT2D eigenvalue weighted by molar-refractivity contribution is 7.89. The minimum Gasteiger partial charge on any atom is -0.214 e. The Hall–Kier alpha value is -1.09. The molecular formula is C9H9ClN2O2S. The van der Waals surface area contributed by atoms with Crippen molar-refractivity contribution in [1.82, 2.24) is 4.72 Å². The van der Waals surface area contributed by atoms with Gasteiger partial charge in [0.05, 0.1) is 5.56 Å². The molecule has 6 heteroatoms. The van der Waals surface area contributed by atoms with E-state index in [4.69, 9.17) is 16.9 Å². The minimum absolute atomic E-state index is 0.0469. The standard InChI is InChI=1S/C9H9ClN2O2S/c1-6-7(5-11)9(4-3-8(6)10)15(13,14)12-2/h3-4,12H,1-2H3. The predicted octanol–water partition coefficient (Wildman–Crippen LogP) is 1.43. The van der Waals surface area contributed by atoms with Gasteiger partial charge in [-0.25, -0.2) is 13.1 Å². The van der Waals surface area contributed by atoms with E-state index in [9.17, 15) is 8.42 Å². The molecule has 0 spiro atoms. The number of halogens is 1. The van der Waals surface area contributed by atoms with E-state index in [1.54, 1.807) is 6.92 Å². The van der Waals surface area contributed by atoms with Crippen LogP contribution in [0.4, 0.5) is 0 Å². The lowest BCUT2D eigenvalue weighted by Gasteiger charge is -2.07. The third kappa shape index (κ3) is 2.12. The van der Waals surface area contributed by atoms with Crippen LogP contribution in [0.2, 0.25) is 5.02 Å². The van der Waals surface area contributed by atoms with Gasteiger partial charge in [0.25, 0.3) is 0 Å². The number of sulfonamides is 1. The summed E-state index contributed by atoms with van der Waals surface area (Å²) in [4.78, 5) is -0.0469. The molecule has 0 atom stereocenters. The van der Waals surface area contributed by atoms with Crippen molar-refractivity contribution in [3.05, 3.63) is 28.3 Å². The summed E-state index contributed by atoms with van der Waals surface area (Å²) in [7, 11) is -2.32. The first-order chi connectivity index (χ1) is 6.94. The van der Waals surface area contributed by atoms with Crippen LogP contribution in [0.5, 0.6) is 0 Å². The third-order valence-corrected chi connectivity index (χ3v) is 3.90. The van der Waals surface area contributed by atoms with Gasteiger partial charge >= 0.3 is 0 Å². The monoisotopic (exact) mass is 244 g/mol. The van der Waals surface area contributed by atoms with Crippen LogP contribution in [-0.4, -0.2) is 15.5 Å². The molecule has 15 heavy (non-hydrogen) atoms. The van der Waals surface area contributed by atoms with Crippen molar-refractivity contribution in [1.29, 1.82) is 5.26 Å². The highest BCUT2D eigenvalue weighted by Crippen LogP contribution is 2.24. The van der Waals surface area contributed by atoms with Crippen molar-refractivity contribution in [3.8, 4) is 6.07 Å².